The molecule has 1 aliphatic heterocycles. The lowest BCUT2D eigenvalue weighted by Crippen LogP contribution is -2.33. The summed E-state index contributed by atoms with van der Waals surface area (Å²) in [5.74, 6) is -5.15. The summed E-state index contributed by atoms with van der Waals surface area (Å²) in [6, 6.07) is -1.00. The maximum Gasteiger partial charge on any atom is 0.327 e. The number of nitrogens with one attached hydrogen (secondary N) is 1. The van der Waals surface area contributed by atoms with E-state index in [4.69, 9.17) is 0 Å². The SMILES string of the molecule is CC(=O)C1CC(F)(F)C(=O)N1. The summed E-state index contributed by atoms with van der Waals surface area (Å²) in [5, 5.41) is 1.91. The average Bonchev–Trinajstić information content (AvgIpc) is 2.08. The van der Waals surface area contributed by atoms with Crippen LogP contribution < -0.4 is 5.32 Å². The van der Waals surface area contributed by atoms with Gasteiger partial charge in [0.05, 0.1) is 6.04 Å². The van der Waals surface area contributed by atoms with Gasteiger partial charge in [-0.05, 0) is 6.92 Å². The van der Waals surface area contributed by atoms with Gasteiger partial charge in [-0.15, -0.1) is 0 Å². The van der Waals surface area contributed by atoms with Crippen molar-refractivity contribution in [2.24, 2.45) is 0 Å². The fraction of sp³-hybridized carbons (Fsp3) is 0.667. The smallest absolute Gasteiger partial charge is 0.327 e. The van der Waals surface area contributed by atoms with Gasteiger partial charge in [-0.1, -0.05) is 0 Å². The Morgan fingerprint density at radius 2 is 2.27 bits per heavy atom. The van der Waals surface area contributed by atoms with Gasteiger partial charge < -0.3 is 5.32 Å². The van der Waals surface area contributed by atoms with Gasteiger partial charge >= 0.3 is 5.92 Å². The summed E-state index contributed by atoms with van der Waals surface area (Å²) in [6.07, 6.45) is -0.707. The van der Waals surface area contributed by atoms with E-state index >= 15 is 0 Å². The van der Waals surface area contributed by atoms with Crippen molar-refractivity contribution in [2.75, 3.05) is 0 Å². The molecule has 1 amide bonds. The lowest BCUT2D eigenvalue weighted by Gasteiger charge is -2.02. The van der Waals surface area contributed by atoms with Crippen LogP contribution in [0.25, 0.3) is 0 Å². The van der Waals surface area contributed by atoms with E-state index in [1.165, 1.54) is 6.92 Å². The van der Waals surface area contributed by atoms with Crippen LogP contribution in [-0.4, -0.2) is 23.7 Å². The standard InChI is InChI=1S/C6H7F2NO2/c1-3(10)4-2-6(7,8)5(11)9-4/h4H,2H2,1H3,(H,9,11). The highest BCUT2D eigenvalue weighted by molar-refractivity contribution is 5.94. The molecule has 0 aromatic heterocycles. The quantitative estimate of drug-likeness (QED) is 0.595. The van der Waals surface area contributed by atoms with E-state index in [-0.39, 0.29) is 0 Å². The van der Waals surface area contributed by atoms with Crippen molar-refractivity contribution in [3.63, 3.8) is 0 Å². The monoisotopic (exact) mass is 163 g/mol. The minimum Gasteiger partial charge on any atom is -0.341 e. The molecule has 11 heavy (non-hydrogen) atoms. The normalized spacial score (nSPS) is 28.3. The van der Waals surface area contributed by atoms with Crippen molar-refractivity contribution >= 4 is 11.7 Å². The molecule has 1 N–H and O–H groups in total. The Bertz CT molecular complexity index is 215. The fourth-order valence-corrected chi connectivity index (χ4v) is 0.909. The van der Waals surface area contributed by atoms with Crippen LogP contribution in [-0.2, 0) is 9.59 Å². The highest BCUT2D eigenvalue weighted by atomic mass is 19.3. The van der Waals surface area contributed by atoms with Gasteiger partial charge in [-0.3, -0.25) is 9.59 Å². The van der Waals surface area contributed by atoms with E-state index in [2.05, 4.69) is 0 Å². The third-order valence-electron chi connectivity index (χ3n) is 1.59. The molecule has 1 saturated heterocycles. The Morgan fingerprint density at radius 1 is 1.73 bits per heavy atom. The summed E-state index contributed by atoms with van der Waals surface area (Å²) < 4.78 is 24.8. The lowest BCUT2D eigenvalue weighted by atomic mass is 10.1. The number of rotatable bonds is 1. The van der Waals surface area contributed by atoms with Crippen LogP contribution in [0, 0.1) is 0 Å². The molecule has 3 nitrogen and oxygen atoms in total. The van der Waals surface area contributed by atoms with Gasteiger partial charge in [-0.25, -0.2) is 0 Å². The molecule has 1 unspecified atom stereocenters. The second-order valence-corrected chi connectivity index (χ2v) is 2.55. The van der Waals surface area contributed by atoms with Gasteiger partial charge in [0.15, 0.2) is 5.78 Å². The van der Waals surface area contributed by atoms with Gasteiger partial charge in [0, 0.05) is 6.42 Å². The summed E-state index contributed by atoms with van der Waals surface area (Å²) in [4.78, 5) is 20.9. The summed E-state index contributed by atoms with van der Waals surface area (Å²) >= 11 is 0. The number of ketones is 1. The minimum absolute atomic E-state index is 0.435. The molecule has 1 fully saturated rings. The molecular formula is C6H7F2NO2. The summed E-state index contributed by atoms with van der Waals surface area (Å²) in [7, 11) is 0. The molecule has 0 radical (unpaired) electrons. The van der Waals surface area contributed by atoms with E-state index in [1.54, 1.807) is 0 Å². The van der Waals surface area contributed by atoms with E-state index in [0.717, 1.165) is 0 Å². The van der Waals surface area contributed by atoms with Crippen molar-refractivity contribution in [2.45, 2.75) is 25.3 Å². The molecule has 1 rings (SSSR count). The number of alkyl halides is 2. The Labute approximate surface area is 61.8 Å². The van der Waals surface area contributed by atoms with Crippen LogP contribution in [0.4, 0.5) is 8.78 Å². The van der Waals surface area contributed by atoms with Crippen molar-refractivity contribution < 1.29 is 18.4 Å². The van der Waals surface area contributed by atoms with Crippen molar-refractivity contribution in [1.29, 1.82) is 0 Å². The molecule has 0 spiro atoms. The van der Waals surface area contributed by atoms with Gasteiger partial charge in [0.1, 0.15) is 0 Å². The Morgan fingerprint density at radius 3 is 2.45 bits per heavy atom. The molecule has 1 heterocycles. The lowest BCUT2D eigenvalue weighted by molar-refractivity contribution is -0.139. The van der Waals surface area contributed by atoms with Crippen LogP contribution in [0.5, 0.6) is 0 Å². The maximum atomic E-state index is 12.4. The topological polar surface area (TPSA) is 46.2 Å². The first-order valence-electron chi connectivity index (χ1n) is 3.13. The van der Waals surface area contributed by atoms with Gasteiger partial charge in [0.25, 0.3) is 5.91 Å². The van der Waals surface area contributed by atoms with Crippen molar-refractivity contribution in [3.8, 4) is 0 Å². The Balaban J connectivity index is 2.72. The average molecular weight is 163 g/mol. The number of carbonyl (C=O) groups is 2. The van der Waals surface area contributed by atoms with E-state index in [0.29, 0.717) is 0 Å². The van der Waals surface area contributed by atoms with Crippen molar-refractivity contribution in [1.82, 2.24) is 5.32 Å². The first-order valence-corrected chi connectivity index (χ1v) is 3.13. The zero-order valence-corrected chi connectivity index (χ0v) is 5.86. The molecule has 1 aliphatic rings. The van der Waals surface area contributed by atoms with Crippen LogP contribution in [0.2, 0.25) is 0 Å². The van der Waals surface area contributed by atoms with Gasteiger partial charge in [-0.2, -0.15) is 8.78 Å². The van der Waals surface area contributed by atoms with E-state index in [1.807, 2.05) is 5.32 Å². The molecule has 0 saturated carbocycles. The van der Waals surface area contributed by atoms with Crippen LogP contribution in [0.15, 0.2) is 0 Å². The highest BCUT2D eigenvalue weighted by Gasteiger charge is 2.49. The highest BCUT2D eigenvalue weighted by Crippen LogP contribution is 2.26. The number of carbonyl (C=O) groups excluding carboxylic acids is 2. The molecule has 0 aromatic carbocycles. The van der Waals surface area contributed by atoms with E-state index in [9.17, 15) is 18.4 Å². The second kappa shape index (κ2) is 2.25. The van der Waals surface area contributed by atoms with Gasteiger partial charge in [0.2, 0.25) is 0 Å². The molecule has 62 valence electrons. The molecule has 0 aliphatic carbocycles. The first kappa shape index (κ1) is 8.10. The van der Waals surface area contributed by atoms with Crippen LogP contribution in [0.3, 0.4) is 0 Å². The first-order chi connectivity index (χ1) is 4.93. The molecular weight excluding hydrogens is 156 g/mol. The van der Waals surface area contributed by atoms with E-state index < -0.39 is 30.1 Å². The Kier molecular flexibility index (Phi) is 1.66. The molecule has 0 aromatic rings. The third-order valence-corrected chi connectivity index (χ3v) is 1.59. The zero-order valence-electron chi connectivity index (χ0n) is 5.86. The molecule has 0 bridgehead atoms. The molecule has 5 heteroatoms. The second-order valence-electron chi connectivity index (χ2n) is 2.55. The summed E-state index contributed by atoms with van der Waals surface area (Å²) in [5.41, 5.74) is 0. The molecule has 1 atom stereocenters. The predicted octanol–water partition coefficient (Wildman–Crippen LogP) is 0.0992. The number of halogens is 2. The third kappa shape index (κ3) is 1.36. The minimum atomic E-state index is -3.36. The predicted molar refractivity (Wildman–Crippen MR) is 32.2 cm³/mol. The summed E-state index contributed by atoms with van der Waals surface area (Å²) in [6.45, 7) is 1.17. The van der Waals surface area contributed by atoms with Crippen LogP contribution >= 0.6 is 0 Å². The number of hydrogen-bond acceptors (Lipinski definition) is 2. The zero-order chi connectivity index (χ0) is 8.65. The number of Topliss-reactive ketones (excluding diaryl/α,β-unsaturated/α-hetero) is 1. The number of amides is 1. The largest absolute Gasteiger partial charge is 0.341 e. The Hall–Kier alpha value is -1.00. The van der Waals surface area contributed by atoms with Crippen LogP contribution in [0.1, 0.15) is 13.3 Å². The number of hydrogen-bond donors (Lipinski definition) is 1. The fourth-order valence-electron chi connectivity index (χ4n) is 0.909. The maximum absolute atomic E-state index is 12.4. The van der Waals surface area contributed by atoms with Crippen molar-refractivity contribution in [3.05, 3.63) is 0 Å².